The molecular weight excluding hydrogens is 600 g/mol. The third kappa shape index (κ3) is 5.77. The van der Waals surface area contributed by atoms with Gasteiger partial charge in [-0.05, 0) is 60.7 Å². The van der Waals surface area contributed by atoms with Crippen LogP contribution in [0.25, 0.3) is 23.1 Å². The molecular formula is C37H32N2O6S. The van der Waals surface area contributed by atoms with Crippen LogP contribution in [0.3, 0.4) is 0 Å². The highest BCUT2D eigenvalue weighted by Gasteiger charge is 2.35. The summed E-state index contributed by atoms with van der Waals surface area (Å²) in [6.45, 7) is 8.02. The lowest BCUT2D eigenvalue weighted by atomic mass is 9.91. The van der Waals surface area contributed by atoms with Crippen molar-refractivity contribution < 1.29 is 23.8 Å². The molecule has 8 nitrogen and oxygen atoms in total. The Bertz CT molecular complexity index is 2170. The van der Waals surface area contributed by atoms with E-state index in [4.69, 9.17) is 14.1 Å². The summed E-state index contributed by atoms with van der Waals surface area (Å²) in [5, 5.41) is 9.46. The Labute approximate surface area is 269 Å². The molecule has 9 heteroatoms. The molecule has 3 heterocycles. The number of carboxylic acid groups (broad SMARTS) is 1. The maximum absolute atomic E-state index is 14.2. The highest BCUT2D eigenvalue weighted by Crippen LogP contribution is 2.36. The standard InChI is InChI=1S/C37H32N2O6S/c1-5-44-36(43)31-32(24-9-7-6-8-10-24)38-37-39(33(31)25-15-13-23(14-16-25)21(2)3)34(40)30(46-37)20-27-17-18-29(45-27)28-19-26(35(41)42)12-11-22(28)4/h6-21,33H,5H2,1-4H3,(H,41,42)/b30-20-/t33-/m1/s1. The molecule has 0 radical (unpaired) electrons. The summed E-state index contributed by atoms with van der Waals surface area (Å²) in [6.07, 6.45) is 1.65. The van der Waals surface area contributed by atoms with E-state index >= 15 is 0 Å². The Morgan fingerprint density at radius 2 is 1.78 bits per heavy atom. The lowest BCUT2D eigenvalue weighted by Crippen LogP contribution is -2.40. The molecule has 0 bridgehead atoms. The van der Waals surface area contributed by atoms with Crippen molar-refractivity contribution in [3.63, 3.8) is 0 Å². The molecule has 0 amide bonds. The number of hydrogen-bond acceptors (Lipinski definition) is 7. The molecule has 0 unspecified atom stereocenters. The summed E-state index contributed by atoms with van der Waals surface area (Å²) in [6, 6.07) is 24.9. The normalized spacial score (nSPS) is 14.7. The van der Waals surface area contributed by atoms with Crippen LogP contribution in [0.1, 0.15) is 71.1 Å². The number of fused-ring (bicyclic) bond motifs is 1. The third-order valence-corrected chi connectivity index (χ3v) is 8.93. The first-order valence-electron chi connectivity index (χ1n) is 15.0. The van der Waals surface area contributed by atoms with Gasteiger partial charge in [-0.25, -0.2) is 14.6 Å². The highest BCUT2D eigenvalue weighted by molar-refractivity contribution is 7.07. The van der Waals surface area contributed by atoms with Crippen molar-refractivity contribution in [1.29, 1.82) is 0 Å². The number of aryl methyl sites for hydroxylation is 1. The first-order valence-corrected chi connectivity index (χ1v) is 15.8. The van der Waals surface area contributed by atoms with E-state index in [1.54, 1.807) is 47.9 Å². The minimum Gasteiger partial charge on any atom is -0.478 e. The number of ether oxygens (including phenoxy) is 1. The van der Waals surface area contributed by atoms with Gasteiger partial charge in [-0.2, -0.15) is 0 Å². The van der Waals surface area contributed by atoms with Crippen molar-refractivity contribution in [2.75, 3.05) is 6.61 Å². The molecule has 232 valence electrons. The van der Waals surface area contributed by atoms with Gasteiger partial charge in [0.15, 0.2) is 4.80 Å². The summed E-state index contributed by atoms with van der Waals surface area (Å²) in [5.41, 5.74) is 4.72. The Kier molecular flexibility index (Phi) is 8.42. The molecule has 0 saturated heterocycles. The number of hydrogen-bond donors (Lipinski definition) is 1. The van der Waals surface area contributed by atoms with Crippen LogP contribution in [0.2, 0.25) is 0 Å². The number of furan rings is 1. The van der Waals surface area contributed by atoms with Crippen molar-refractivity contribution >= 4 is 35.0 Å². The molecule has 1 N–H and O–H groups in total. The van der Waals surface area contributed by atoms with Crippen molar-refractivity contribution in [3.05, 3.63) is 144 Å². The van der Waals surface area contributed by atoms with Gasteiger partial charge in [0.2, 0.25) is 0 Å². The van der Waals surface area contributed by atoms with E-state index in [1.165, 1.54) is 11.3 Å². The minimum atomic E-state index is -1.03. The van der Waals surface area contributed by atoms with Gasteiger partial charge in [-0.15, -0.1) is 0 Å². The molecule has 46 heavy (non-hydrogen) atoms. The minimum absolute atomic E-state index is 0.153. The molecule has 0 saturated carbocycles. The van der Waals surface area contributed by atoms with Crippen LogP contribution in [0.4, 0.5) is 0 Å². The summed E-state index contributed by atoms with van der Waals surface area (Å²) in [4.78, 5) is 44.8. The Balaban J connectivity index is 1.54. The molecule has 6 rings (SSSR count). The summed E-state index contributed by atoms with van der Waals surface area (Å²) in [7, 11) is 0. The van der Waals surface area contributed by atoms with Gasteiger partial charge in [0.25, 0.3) is 5.56 Å². The Morgan fingerprint density at radius 1 is 1.04 bits per heavy atom. The van der Waals surface area contributed by atoms with Gasteiger partial charge in [-0.1, -0.05) is 85.8 Å². The molecule has 0 aliphatic carbocycles. The lowest BCUT2D eigenvalue weighted by Gasteiger charge is -2.26. The predicted octanol–water partition coefficient (Wildman–Crippen LogP) is 6.33. The van der Waals surface area contributed by atoms with E-state index in [1.807, 2.05) is 61.5 Å². The van der Waals surface area contributed by atoms with E-state index in [0.29, 0.717) is 43.6 Å². The van der Waals surface area contributed by atoms with Gasteiger partial charge < -0.3 is 14.3 Å². The van der Waals surface area contributed by atoms with Crippen molar-refractivity contribution in [1.82, 2.24) is 4.57 Å². The van der Waals surface area contributed by atoms with Crippen LogP contribution in [0, 0.1) is 6.92 Å². The fraction of sp³-hybridized carbons (Fsp3) is 0.189. The molecule has 1 aliphatic heterocycles. The Hall–Kier alpha value is -5.28. The predicted molar refractivity (Wildman–Crippen MR) is 177 cm³/mol. The van der Waals surface area contributed by atoms with E-state index in [9.17, 15) is 19.5 Å². The maximum Gasteiger partial charge on any atom is 0.338 e. The molecule has 2 aromatic heterocycles. The van der Waals surface area contributed by atoms with Gasteiger partial charge in [0.05, 0.1) is 34.0 Å². The first kappa shape index (κ1) is 30.7. The number of esters is 1. The van der Waals surface area contributed by atoms with Gasteiger partial charge in [-0.3, -0.25) is 9.36 Å². The number of carbonyl (C=O) groups excluding carboxylic acids is 1. The first-order chi connectivity index (χ1) is 22.2. The molecule has 5 aromatic rings. The summed E-state index contributed by atoms with van der Waals surface area (Å²) in [5.74, 6) is -0.346. The summed E-state index contributed by atoms with van der Waals surface area (Å²) >= 11 is 1.21. The monoisotopic (exact) mass is 632 g/mol. The average molecular weight is 633 g/mol. The smallest absolute Gasteiger partial charge is 0.338 e. The van der Waals surface area contributed by atoms with Crippen LogP contribution in [-0.2, 0) is 9.53 Å². The number of rotatable bonds is 8. The van der Waals surface area contributed by atoms with Crippen molar-refractivity contribution in [2.24, 2.45) is 4.99 Å². The number of benzene rings is 3. The fourth-order valence-electron chi connectivity index (χ4n) is 5.54. The SMILES string of the molecule is CCOC(=O)C1=C(c2ccccc2)N=c2s/c(=C\c3ccc(-c4cc(C(=O)O)ccc4C)o3)c(=O)n2[C@@H]1c1ccc(C(C)C)cc1. The van der Waals surface area contributed by atoms with Crippen LogP contribution in [0.5, 0.6) is 0 Å². The number of aromatic nitrogens is 1. The van der Waals surface area contributed by atoms with E-state index < -0.39 is 18.0 Å². The number of carboxylic acids is 1. The lowest BCUT2D eigenvalue weighted by molar-refractivity contribution is -0.138. The quantitative estimate of drug-likeness (QED) is 0.200. The van der Waals surface area contributed by atoms with Crippen LogP contribution >= 0.6 is 11.3 Å². The van der Waals surface area contributed by atoms with Gasteiger partial charge in [0, 0.05) is 17.2 Å². The van der Waals surface area contributed by atoms with Crippen molar-refractivity contribution in [3.8, 4) is 11.3 Å². The number of aromatic carboxylic acids is 1. The Morgan fingerprint density at radius 3 is 2.46 bits per heavy atom. The average Bonchev–Trinajstić information content (AvgIpc) is 3.64. The van der Waals surface area contributed by atoms with E-state index in [0.717, 1.165) is 22.3 Å². The zero-order chi connectivity index (χ0) is 32.5. The summed E-state index contributed by atoms with van der Waals surface area (Å²) < 4.78 is 13.6. The van der Waals surface area contributed by atoms with Crippen LogP contribution < -0.4 is 14.9 Å². The molecule has 0 spiro atoms. The topological polar surface area (TPSA) is 111 Å². The molecule has 1 aliphatic rings. The second-order valence-electron chi connectivity index (χ2n) is 11.3. The zero-order valence-electron chi connectivity index (χ0n) is 25.8. The fourth-order valence-corrected chi connectivity index (χ4v) is 6.52. The number of nitrogens with zero attached hydrogens (tertiary/aromatic N) is 2. The largest absolute Gasteiger partial charge is 0.478 e. The van der Waals surface area contributed by atoms with E-state index in [2.05, 4.69) is 13.8 Å². The maximum atomic E-state index is 14.2. The second kappa shape index (κ2) is 12.6. The zero-order valence-corrected chi connectivity index (χ0v) is 26.6. The van der Waals surface area contributed by atoms with Crippen molar-refractivity contribution in [2.45, 2.75) is 39.7 Å². The second-order valence-corrected chi connectivity index (χ2v) is 12.3. The highest BCUT2D eigenvalue weighted by atomic mass is 32.1. The third-order valence-electron chi connectivity index (χ3n) is 7.94. The molecule has 0 fully saturated rings. The van der Waals surface area contributed by atoms with Gasteiger partial charge >= 0.3 is 11.9 Å². The van der Waals surface area contributed by atoms with E-state index in [-0.39, 0.29) is 17.7 Å². The number of carbonyl (C=O) groups is 2. The molecule has 1 atom stereocenters. The van der Waals surface area contributed by atoms with Gasteiger partial charge in [0.1, 0.15) is 11.5 Å². The van der Waals surface area contributed by atoms with Crippen LogP contribution in [-0.4, -0.2) is 28.2 Å². The number of thiazole rings is 1. The molecule has 3 aromatic carbocycles. The van der Waals surface area contributed by atoms with Crippen LogP contribution in [0.15, 0.2) is 105 Å².